The quantitative estimate of drug-likeness (QED) is 0.144. The monoisotopic (exact) mass is 679 g/mol. The lowest BCUT2D eigenvalue weighted by Crippen LogP contribution is -2.23. The summed E-state index contributed by atoms with van der Waals surface area (Å²) in [6, 6.07) is 16.8. The van der Waals surface area contributed by atoms with Gasteiger partial charge in [0, 0.05) is 15.4 Å². The van der Waals surface area contributed by atoms with Gasteiger partial charge in [-0.1, -0.05) is 53.5 Å². The molecule has 0 unspecified atom stereocenters. The molecule has 0 saturated heterocycles. The van der Waals surface area contributed by atoms with Crippen molar-refractivity contribution in [3.05, 3.63) is 95.0 Å². The molecule has 0 aliphatic heterocycles. The van der Waals surface area contributed by atoms with Crippen LogP contribution in [0.15, 0.2) is 69.0 Å². The van der Waals surface area contributed by atoms with Crippen LogP contribution in [-0.2, 0) is 6.61 Å². The maximum Gasteiger partial charge on any atom is 0.282 e. The van der Waals surface area contributed by atoms with Crippen molar-refractivity contribution in [2.75, 3.05) is 6.61 Å². The number of halogens is 3. The molecule has 4 rings (SSSR count). The van der Waals surface area contributed by atoms with E-state index in [0.29, 0.717) is 46.5 Å². The number of hydrogen-bond donors (Lipinski definition) is 0. The second kappa shape index (κ2) is 11.7. The molecule has 4 aromatic rings. The fraction of sp³-hybridized carbons (Fsp3) is 0.222. The lowest BCUT2D eigenvalue weighted by Gasteiger charge is -2.15. The maximum absolute atomic E-state index is 13.3. The molecule has 0 bridgehead atoms. The highest BCUT2D eigenvalue weighted by Gasteiger charge is 2.15. The molecule has 0 atom stereocenters. The Labute approximate surface area is 236 Å². The summed E-state index contributed by atoms with van der Waals surface area (Å²) in [4.78, 5) is 18.0. The number of nitrogens with zero attached hydrogens (tertiary/aromatic N) is 3. The molecule has 1 aromatic heterocycles. The molecule has 0 fully saturated rings. The van der Waals surface area contributed by atoms with Gasteiger partial charge in [0.15, 0.2) is 11.5 Å². The summed E-state index contributed by atoms with van der Waals surface area (Å²) in [6.45, 7) is 6.76. The molecule has 0 saturated carbocycles. The summed E-state index contributed by atoms with van der Waals surface area (Å²) in [7, 11) is 0. The van der Waals surface area contributed by atoms with Gasteiger partial charge in [0.05, 0.1) is 27.3 Å². The largest absolute Gasteiger partial charge is 0.490 e. The second-order valence-corrected chi connectivity index (χ2v) is 10.8. The summed E-state index contributed by atoms with van der Waals surface area (Å²) in [5.41, 5.74) is 2.20. The number of hydrogen-bond acceptors (Lipinski definition) is 5. The SMILES string of the molecule is CCOc1cc(C=Nn2c(C(C)C)nc3ccc(Br)cc3c2=O)cc(I)c1OCc1ccc(Cl)cc1. The predicted molar refractivity (Wildman–Crippen MR) is 157 cm³/mol. The van der Waals surface area contributed by atoms with Gasteiger partial charge in [-0.25, -0.2) is 4.98 Å². The highest BCUT2D eigenvalue weighted by molar-refractivity contribution is 14.1. The lowest BCUT2D eigenvalue weighted by atomic mass is 10.2. The lowest BCUT2D eigenvalue weighted by molar-refractivity contribution is 0.267. The van der Waals surface area contributed by atoms with Gasteiger partial charge in [-0.15, -0.1) is 0 Å². The first kappa shape index (κ1) is 26.6. The minimum absolute atomic E-state index is 0.00524. The molecule has 6 nitrogen and oxygen atoms in total. The van der Waals surface area contributed by atoms with Crippen molar-refractivity contribution in [3.63, 3.8) is 0 Å². The van der Waals surface area contributed by atoms with Crippen LogP contribution in [0.3, 0.4) is 0 Å². The van der Waals surface area contributed by atoms with Crippen molar-refractivity contribution in [1.82, 2.24) is 9.66 Å². The Hall–Kier alpha value is -2.43. The van der Waals surface area contributed by atoms with Crippen LogP contribution in [0.5, 0.6) is 11.5 Å². The zero-order valence-corrected chi connectivity index (χ0v) is 24.5. The van der Waals surface area contributed by atoms with Crippen LogP contribution in [0.4, 0.5) is 0 Å². The summed E-state index contributed by atoms with van der Waals surface area (Å²) >= 11 is 11.6. The predicted octanol–water partition coefficient (Wildman–Crippen LogP) is 7.40. The van der Waals surface area contributed by atoms with Crippen molar-refractivity contribution >= 4 is 67.2 Å². The van der Waals surface area contributed by atoms with Gasteiger partial charge in [-0.05, 0) is 83.1 Å². The Morgan fingerprint density at radius 3 is 2.58 bits per heavy atom. The fourth-order valence-corrected chi connectivity index (χ4v) is 4.85. The molecule has 1 heterocycles. The van der Waals surface area contributed by atoms with E-state index in [1.807, 2.05) is 69.3 Å². The summed E-state index contributed by atoms with van der Waals surface area (Å²) < 4.78 is 15.0. The van der Waals surface area contributed by atoms with Gasteiger partial charge in [0.2, 0.25) is 0 Å². The Morgan fingerprint density at radius 1 is 1.14 bits per heavy atom. The molecule has 36 heavy (non-hydrogen) atoms. The number of fused-ring (bicyclic) bond motifs is 1. The Balaban J connectivity index is 1.69. The molecular weight excluding hydrogens is 657 g/mol. The van der Waals surface area contributed by atoms with Gasteiger partial charge < -0.3 is 9.47 Å². The van der Waals surface area contributed by atoms with Crippen molar-refractivity contribution in [2.24, 2.45) is 5.10 Å². The van der Waals surface area contributed by atoms with Crippen LogP contribution < -0.4 is 15.0 Å². The molecule has 0 N–H and O–H groups in total. The molecular formula is C27H24BrClIN3O3. The first-order valence-corrected chi connectivity index (χ1v) is 13.6. The Bertz CT molecular complexity index is 1490. The molecule has 0 amide bonds. The average molecular weight is 681 g/mol. The first-order chi connectivity index (χ1) is 17.3. The Kier molecular flexibility index (Phi) is 8.69. The molecule has 0 radical (unpaired) electrons. The van der Waals surface area contributed by atoms with Crippen LogP contribution in [-0.4, -0.2) is 22.5 Å². The normalized spacial score (nSPS) is 11.5. The van der Waals surface area contributed by atoms with E-state index in [1.54, 1.807) is 12.3 Å². The van der Waals surface area contributed by atoms with Crippen LogP contribution >= 0.6 is 50.1 Å². The summed E-state index contributed by atoms with van der Waals surface area (Å²) in [6.07, 6.45) is 1.65. The highest BCUT2D eigenvalue weighted by atomic mass is 127. The number of aromatic nitrogens is 2. The molecule has 9 heteroatoms. The smallest absolute Gasteiger partial charge is 0.282 e. The molecule has 0 aliphatic carbocycles. The third-order valence-electron chi connectivity index (χ3n) is 5.30. The van der Waals surface area contributed by atoms with E-state index in [1.165, 1.54) is 4.68 Å². The number of ether oxygens (including phenoxy) is 2. The van der Waals surface area contributed by atoms with E-state index in [2.05, 4.69) is 43.6 Å². The molecule has 0 spiro atoms. The third kappa shape index (κ3) is 6.10. The zero-order chi connectivity index (χ0) is 25.8. The topological polar surface area (TPSA) is 65.7 Å². The van der Waals surface area contributed by atoms with E-state index in [4.69, 9.17) is 26.1 Å². The van der Waals surface area contributed by atoms with E-state index < -0.39 is 0 Å². The van der Waals surface area contributed by atoms with E-state index in [-0.39, 0.29) is 11.5 Å². The van der Waals surface area contributed by atoms with Crippen molar-refractivity contribution in [3.8, 4) is 11.5 Å². The fourth-order valence-electron chi connectivity index (χ4n) is 3.58. The summed E-state index contributed by atoms with van der Waals surface area (Å²) in [5, 5.41) is 5.72. The second-order valence-electron chi connectivity index (χ2n) is 8.33. The van der Waals surface area contributed by atoms with Crippen LogP contribution in [0, 0.1) is 3.57 Å². The first-order valence-electron chi connectivity index (χ1n) is 11.4. The summed E-state index contributed by atoms with van der Waals surface area (Å²) in [5.74, 6) is 1.86. The van der Waals surface area contributed by atoms with Crippen LogP contribution in [0.1, 0.15) is 43.6 Å². The van der Waals surface area contributed by atoms with Crippen LogP contribution in [0.25, 0.3) is 10.9 Å². The average Bonchev–Trinajstić information content (AvgIpc) is 2.84. The van der Waals surface area contributed by atoms with Gasteiger partial charge >= 0.3 is 0 Å². The van der Waals surface area contributed by atoms with E-state index in [9.17, 15) is 4.79 Å². The highest BCUT2D eigenvalue weighted by Crippen LogP contribution is 2.34. The van der Waals surface area contributed by atoms with Crippen molar-refractivity contribution in [1.29, 1.82) is 0 Å². The minimum atomic E-state index is -0.219. The van der Waals surface area contributed by atoms with E-state index >= 15 is 0 Å². The van der Waals surface area contributed by atoms with Gasteiger partial charge in [0.25, 0.3) is 5.56 Å². The van der Waals surface area contributed by atoms with Gasteiger partial charge in [-0.3, -0.25) is 4.79 Å². The van der Waals surface area contributed by atoms with Crippen molar-refractivity contribution in [2.45, 2.75) is 33.3 Å². The zero-order valence-electron chi connectivity index (χ0n) is 20.0. The molecule has 3 aromatic carbocycles. The van der Waals surface area contributed by atoms with Crippen molar-refractivity contribution < 1.29 is 9.47 Å². The van der Waals surface area contributed by atoms with Gasteiger partial charge in [0.1, 0.15) is 12.4 Å². The molecule has 186 valence electrons. The number of benzene rings is 3. The Morgan fingerprint density at radius 2 is 1.89 bits per heavy atom. The van der Waals surface area contributed by atoms with E-state index in [0.717, 1.165) is 19.2 Å². The van der Waals surface area contributed by atoms with Crippen LogP contribution in [0.2, 0.25) is 5.02 Å². The third-order valence-corrected chi connectivity index (χ3v) is 6.85. The number of rotatable bonds is 8. The minimum Gasteiger partial charge on any atom is -0.490 e. The standard InChI is InChI=1S/C27H24BrClIN3O3/c1-4-35-24-12-18(11-22(30)25(24)36-15-17-5-8-20(29)9-6-17)14-31-33-26(16(2)3)32-23-10-7-19(28)13-21(23)27(33)34/h5-14,16H,4,15H2,1-3H3. The van der Waals surface area contributed by atoms with Gasteiger partial charge in [-0.2, -0.15) is 9.78 Å². The maximum atomic E-state index is 13.3. The molecule has 0 aliphatic rings.